The van der Waals surface area contributed by atoms with Gasteiger partial charge in [0.15, 0.2) is 0 Å². The fourth-order valence-corrected chi connectivity index (χ4v) is 11.6. The topological polar surface area (TPSA) is 50.9 Å². The van der Waals surface area contributed by atoms with E-state index in [1.807, 2.05) is 6.20 Å². The van der Waals surface area contributed by atoms with Crippen molar-refractivity contribution in [3.8, 4) is 56.3 Å². The zero-order chi connectivity index (χ0) is 50.8. The van der Waals surface area contributed by atoms with Crippen molar-refractivity contribution in [1.29, 1.82) is 0 Å². The van der Waals surface area contributed by atoms with E-state index in [1.165, 1.54) is 50.1 Å². The van der Waals surface area contributed by atoms with Gasteiger partial charge in [0.1, 0.15) is 11.6 Å². The van der Waals surface area contributed by atoms with Crippen molar-refractivity contribution in [2.75, 3.05) is 0 Å². The smallest absolute Gasteiger partial charge is 0.148 e. The van der Waals surface area contributed by atoms with Crippen LogP contribution in [0, 0.1) is 6.07 Å². The maximum absolute atomic E-state index is 13.0. The van der Waals surface area contributed by atoms with Crippen molar-refractivity contribution in [1.82, 2.24) is 14.5 Å². The predicted octanol–water partition coefficient (Wildman–Crippen LogP) is 17.7. The van der Waals surface area contributed by atoms with E-state index in [-0.39, 0.29) is 60.8 Å². The summed E-state index contributed by atoms with van der Waals surface area (Å²) in [5.74, 6) is 1.51. The minimum atomic E-state index is -0.347. The van der Waals surface area contributed by atoms with E-state index in [2.05, 4.69) is 240 Å². The molecule has 0 aliphatic heterocycles. The Labute approximate surface area is 448 Å². The predicted molar refractivity (Wildman–Crippen MR) is 300 cm³/mol. The van der Waals surface area contributed by atoms with Gasteiger partial charge in [0, 0.05) is 50.4 Å². The van der Waals surface area contributed by atoms with Crippen LogP contribution in [0.25, 0.3) is 61.6 Å². The molecule has 0 saturated carbocycles. The van der Waals surface area contributed by atoms with Gasteiger partial charge in [-0.1, -0.05) is 210 Å². The molecular formula is C68H68N3OPt-. The summed E-state index contributed by atoms with van der Waals surface area (Å²) in [4.78, 5) is 11.1. The number of phenolic OH excluding ortho intramolecular Hbond substituents is 1. The van der Waals surface area contributed by atoms with Crippen molar-refractivity contribution in [2.45, 2.75) is 130 Å². The monoisotopic (exact) mass is 1140 g/mol. The summed E-state index contributed by atoms with van der Waals surface area (Å²) in [6.45, 7) is 29.4. The average molecular weight is 1140 g/mol. The number of nitrogens with zero attached hydrogens (tertiary/aromatic N) is 3. The third-order valence-corrected chi connectivity index (χ3v) is 15.6. The van der Waals surface area contributed by atoms with Gasteiger partial charge in [-0.05, 0) is 107 Å². The normalized spacial score (nSPS) is 15.1. The second-order valence-corrected chi connectivity index (χ2v) is 24.3. The molecule has 2 bridgehead atoms. The molecule has 0 unspecified atom stereocenters. The van der Waals surface area contributed by atoms with Gasteiger partial charge in [-0.2, -0.15) is 0 Å². The molecule has 9 aromatic rings. The molecule has 0 atom stereocenters. The molecule has 372 valence electrons. The molecule has 12 rings (SSSR count). The number of benzene rings is 7. The average Bonchev–Trinajstić information content (AvgIpc) is 3.75. The summed E-state index contributed by atoms with van der Waals surface area (Å²) in [5.41, 5.74) is 22.9. The molecule has 0 amide bonds. The Morgan fingerprint density at radius 3 is 1.73 bits per heavy atom. The Bertz CT molecular complexity index is 3560. The summed E-state index contributed by atoms with van der Waals surface area (Å²) >= 11 is 0. The van der Waals surface area contributed by atoms with Crippen molar-refractivity contribution >= 4 is 11.0 Å². The van der Waals surface area contributed by atoms with Crippen LogP contribution in [0.5, 0.6) is 5.75 Å². The van der Waals surface area contributed by atoms with Crippen molar-refractivity contribution in [3.05, 3.63) is 213 Å². The Balaban J connectivity index is 0.00000611. The summed E-state index contributed by atoms with van der Waals surface area (Å²) in [6, 6.07) is 55.7. The van der Waals surface area contributed by atoms with Gasteiger partial charge in [0.25, 0.3) is 0 Å². The molecule has 73 heavy (non-hydrogen) atoms. The second-order valence-electron chi connectivity index (χ2n) is 24.3. The summed E-state index contributed by atoms with van der Waals surface area (Å²) in [6.07, 6.45) is 1.92. The molecule has 0 saturated heterocycles. The third-order valence-electron chi connectivity index (χ3n) is 15.6. The maximum Gasteiger partial charge on any atom is 0.148 e. The van der Waals surface area contributed by atoms with Gasteiger partial charge >= 0.3 is 0 Å². The zero-order valence-corrected chi connectivity index (χ0v) is 47.0. The van der Waals surface area contributed by atoms with E-state index < -0.39 is 0 Å². The zero-order valence-electron chi connectivity index (χ0n) is 44.8. The molecule has 3 aliphatic rings. The van der Waals surface area contributed by atoms with Gasteiger partial charge in [-0.3, -0.25) is 9.55 Å². The quantitative estimate of drug-likeness (QED) is 0.162. The number of aromatic nitrogens is 3. The standard InChI is InChI=1S/C68H68N3O.Pt/c1-39(2)42-27-28-58(52(34-42)40(3)4)71-63-61-54(59-48-23-17-19-25-50(48)60(61)51-26-20-18-24-49(51)59)38-53(62(63)70-65(71)55-36-47(67(8,9)10)37-56(64(55)72)68(11,12)13)44-31-45(33-46(32-44)66(5,6)7)57-35-43(29-30-69-57)41-21-15-14-16-22-41;/h14-30,32-40,59-60,72H,1-13H3;/q-1;. The Hall–Kier alpha value is -6.35. The molecule has 1 N–H and O–H groups in total. The minimum absolute atomic E-state index is 0. The van der Waals surface area contributed by atoms with E-state index in [4.69, 9.17) is 9.97 Å². The molecule has 2 aromatic heterocycles. The summed E-state index contributed by atoms with van der Waals surface area (Å²) < 4.78 is 2.47. The molecule has 0 spiro atoms. The van der Waals surface area contributed by atoms with Crippen LogP contribution >= 0.6 is 0 Å². The molecule has 7 aromatic carbocycles. The Kier molecular flexibility index (Phi) is 12.5. The number of rotatable bonds is 7. The molecule has 5 heteroatoms. The first kappa shape index (κ1) is 50.2. The number of hydrogen-bond donors (Lipinski definition) is 1. The molecule has 0 fully saturated rings. The van der Waals surface area contributed by atoms with Crippen LogP contribution in [0.2, 0.25) is 0 Å². The van der Waals surface area contributed by atoms with Crippen molar-refractivity contribution < 1.29 is 26.2 Å². The van der Waals surface area contributed by atoms with Crippen LogP contribution in [-0.2, 0) is 37.3 Å². The number of pyridine rings is 1. The van der Waals surface area contributed by atoms with E-state index in [1.54, 1.807) is 0 Å². The van der Waals surface area contributed by atoms with Gasteiger partial charge in [0.2, 0.25) is 0 Å². The number of aromatic hydroxyl groups is 1. The van der Waals surface area contributed by atoms with E-state index in [9.17, 15) is 5.11 Å². The van der Waals surface area contributed by atoms with Gasteiger partial charge in [-0.25, -0.2) is 4.98 Å². The molecular weight excluding hydrogens is 1070 g/mol. The van der Waals surface area contributed by atoms with Crippen LogP contribution in [0.4, 0.5) is 0 Å². The van der Waals surface area contributed by atoms with Crippen LogP contribution < -0.4 is 0 Å². The fourth-order valence-electron chi connectivity index (χ4n) is 11.6. The first-order valence-electron chi connectivity index (χ1n) is 26.1. The molecule has 3 aliphatic carbocycles. The Morgan fingerprint density at radius 1 is 0.548 bits per heavy atom. The first-order valence-corrected chi connectivity index (χ1v) is 26.1. The molecule has 0 radical (unpaired) electrons. The van der Waals surface area contributed by atoms with Crippen LogP contribution in [0.15, 0.2) is 146 Å². The molecule has 2 heterocycles. The maximum atomic E-state index is 13.0. The van der Waals surface area contributed by atoms with Crippen LogP contribution in [0.1, 0.15) is 175 Å². The van der Waals surface area contributed by atoms with Gasteiger partial charge in [0.05, 0.1) is 22.3 Å². The van der Waals surface area contributed by atoms with E-state index >= 15 is 0 Å². The summed E-state index contributed by atoms with van der Waals surface area (Å²) in [5, 5.41) is 13.0. The second kappa shape index (κ2) is 18.2. The SMILES string of the molecule is CC(C)c1ccc(-n2c(-c3cc(C(C)(C)C)cc(C(C)(C)C)c3O)nc3c(-c4[c-]c(-c5cc(-c6ccccc6)ccn5)cc(C(C)(C)C)c4)cc4c(c32)C2c3ccccc3C4c3ccccc32)c(C(C)C)c1.[Pt]. The number of hydrogen-bond acceptors (Lipinski definition) is 3. The first-order chi connectivity index (χ1) is 34.2. The van der Waals surface area contributed by atoms with E-state index in [0.717, 1.165) is 72.7 Å². The van der Waals surface area contributed by atoms with Crippen LogP contribution in [-0.4, -0.2) is 19.6 Å². The number of fused-ring (bicyclic) bond motifs is 1. The Morgan fingerprint density at radius 2 is 1.14 bits per heavy atom. The third kappa shape index (κ3) is 8.52. The number of imidazole rings is 1. The fraction of sp³-hybridized carbons (Fsp3) is 0.294. The number of phenols is 1. The van der Waals surface area contributed by atoms with Crippen LogP contribution in [0.3, 0.4) is 0 Å². The largest absolute Gasteiger partial charge is 0.507 e. The molecule has 4 nitrogen and oxygen atoms in total. The summed E-state index contributed by atoms with van der Waals surface area (Å²) in [7, 11) is 0. The van der Waals surface area contributed by atoms with Gasteiger partial charge < -0.3 is 5.11 Å². The van der Waals surface area contributed by atoms with Gasteiger partial charge in [-0.15, -0.1) is 29.3 Å². The minimum Gasteiger partial charge on any atom is -0.507 e. The van der Waals surface area contributed by atoms with Crippen molar-refractivity contribution in [2.24, 2.45) is 0 Å². The van der Waals surface area contributed by atoms with E-state index in [0.29, 0.717) is 5.92 Å². The van der Waals surface area contributed by atoms with Crippen molar-refractivity contribution in [3.63, 3.8) is 0 Å².